The van der Waals surface area contributed by atoms with Gasteiger partial charge in [0, 0.05) is 12.6 Å². The molecule has 0 aromatic carbocycles. The Morgan fingerprint density at radius 1 is 1.19 bits per heavy atom. The fourth-order valence-corrected chi connectivity index (χ4v) is 1.68. The molecule has 0 saturated carbocycles. The molecule has 3 heteroatoms. The lowest BCUT2D eigenvalue weighted by Gasteiger charge is -2.27. The minimum absolute atomic E-state index is 0.236. The number of hydrogen-bond donors (Lipinski definition) is 1. The summed E-state index contributed by atoms with van der Waals surface area (Å²) in [5.41, 5.74) is 0. The molecule has 0 aliphatic rings. The van der Waals surface area contributed by atoms with Gasteiger partial charge in [-0.05, 0) is 33.2 Å². The molecule has 0 saturated heterocycles. The summed E-state index contributed by atoms with van der Waals surface area (Å²) < 4.78 is 0. The molecule has 0 atom stereocenters. The minimum atomic E-state index is 0.236. The van der Waals surface area contributed by atoms with Crippen LogP contribution in [0.1, 0.15) is 53.4 Å². The van der Waals surface area contributed by atoms with Crippen LogP contribution in [0.4, 0.5) is 0 Å². The largest absolute Gasteiger partial charge is 0.339 e. The second-order valence-electron chi connectivity index (χ2n) is 4.56. The summed E-state index contributed by atoms with van der Waals surface area (Å²) in [6.07, 6.45) is 4.60. The van der Waals surface area contributed by atoms with Crippen LogP contribution in [-0.4, -0.2) is 36.5 Å². The van der Waals surface area contributed by atoms with Crippen LogP contribution in [0.5, 0.6) is 0 Å². The molecule has 0 aliphatic carbocycles. The molecule has 0 heterocycles. The Morgan fingerprint density at radius 3 is 2.38 bits per heavy atom. The topological polar surface area (TPSA) is 32.3 Å². The normalized spacial score (nSPS) is 10.8. The zero-order valence-corrected chi connectivity index (χ0v) is 11.4. The van der Waals surface area contributed by atoms with Crippen molar-refractivity contribution in [2.45, 2.75) is 59.4 Å². The molecular formula is C13H28N2O. The van der Waals surface area contributed by atoms with Crippen molar-refractivity contribution < 1.29 is 4.79 Å². The average molecular weight is 228 g/mol. The summed E-state index contributed by atoms with van der Waals surface area (Å²) in [7, 11) is 0. The smallest absolute Gasteiger partial charge is 0.236 e. The SMILES string of the molecule is CCCCCN(C(=O)CNCCC)C(C)C. The maximum Gasteiger partial charge on any atom is 0.236 e. The number of carbonyl (C=O) groups is 1. The second-order valence-corrected chi connectivity index (χ2v) is 4.56. The summed E-state index contributed by atoms with van der Waals surface area (Å²) >= 11 is 0. The van der Waals surface area contributed by atoms with E-state index < -0.39 is 0 Å². The van der Waals surface area contributed by atoms with Gasteiger partial charge in [0.1, 0.15) is 0 Å². The molecule has 1 amide bonds. The van der Waals surface area contributed by atoms with Crippen molar-refractivity contribution >= 4 is 5.91 Å². The van der Waals surface area contributed by atoms with Gasteiger partial charge < -0.3 is 10.2 Å². The van der Waals surface area contributed by atoms with E-state index in [1.165, 1.54) is 12.8 Å². The number of nitrogens with one attached hydrogen (secondary N) is 1. The Balaban J connectivity index is 3.93. The molecule has 0 unspecified atom stereocenters. The van der Waals surface area contributed by atoms with E-state index in [0.29, 0.717) is 12.6 Å². The summed E-state index contributed by atoms with van der Waals surface area (Å²) in [5, 5.41) is 3.17. The Labute approximate surface area is 101 Å². The average Bonchev–Trinajstić information content (AvgIpc) is 2.24. The predicted octanol–water partition coefficient (Wildman–Crippen LogP) is 2.41. The van der Waals surface area contributed by atoms with Gasteiger partial charge in [0.25, 0.3) is 0 Å². The molecule has 0 radical (unpaired) electrons. The molecule has 96 valence electrons. The van der Waals surface area contributed by atoms with Crippen LogP contribution in [-0.2, 0) is 4.79 Å². The van der Waals surface area contributed by atoms with Crippen molar-refractivity contribution in [1.82, 2.24) is 10.2 Å². The highest BCUT2D eigenvalue weighted by atomic mass is 16.2. The lowest BCUT2D eigenvalue weighted by Crippen LogP contribution is -2.42. The Kier molecular flexibility index (Phi) is 9.30. The molecule has 1 N–H and O–H groups in total. The van der Waals surface area contributed by atoms with Gasteiger partial charge in [-0.3, -0.25) is 4.79 Å². The van der Waals surface area contributed by atoms with Gasteiger partial charge >= 0.3 is 0 Å². The Bertz CT molecular complexity index is 181. The number of rotatable bonds is 9. The monoisotopic (exact) mass is 228 g/mol. The lowest BCUT2D eigenvalue weighted by molar-refractivity contribution is -0.132. The molecule has 0 rings (SSSR count). The Morgan fingerprint density at radius 2 is 1.88 bits per heavy atom. The second kappa shape index (κ2) is 9.64. The molecule has 0 spiro atoms. The van der Waals surface area contributed by atoms with Crippen molar-refractivity contribution in [3.63, 3.8) is 0 Å². The molecule has 0 aliphatic heterocycles. The van der Waals surface area contributed by atoms with Crippen molar-refractivity contribution in [2.24, 2.45) is 0 Å². The van der Waals surface area contributed by atoms with Crippen molar-refractivity contribution in [3.05, 3.63) is 0 Å². The molecule has 0 bridgehead atoms. The standard InChI is InChI=1S/C13H28N2O/c1-5-7-8-10-15(12(3)4)13(16)11-14-9-6-2/h12,14H,5-11H2,1-4H3. The van der Waals surface area contributed by atoms with Gasteiger partial charge in [0.15, 0.2) is 0 Å². The maximum atomic E-state index is 11.9. The third-order valence-corrected chi connectivity index (χ3v) is 2.65. The van der Waals surface area contributed by atoms with Gasteiger partial charge in [0.05, 0.1) is 6.54 Å². The van der Waals surface area contributed by atoms with Crippen LogP contribution in [0, 0.1) is 0 Å². The lowest BCUT2D eigenvalue weighted by atomic mass is 10.2. The maximum absolute atomic E-state index is 11.9. The van der Waals surface area contributed by atoms with E-state index in [1.54, 1.807) is 0 Å². The van der Waals surface area contributed by atoms with E-state index in [-0.39, 0.29) is 5.91 Å². The van der Waals surface area contributed by atoms with Crippen LogP contribution in [0.15, 0.2) is 0 Å². The summed E-state index contributed by atoms with van der Waals surface area (Å²) in [4.78, 5) is 13.9. The predicted molar refractivity (Wildman–Crippen MR) is 69.5 cm³/mol. The summed E-state index contributed by atoms with van der Waals surface area (Å²) in [6.45, 7) is 10.8. The first kappa shape index (κ1) is 15.4. The van der Waals surface area contributed by atoms with Crippen LogP contribution < -0.4 is 5.32 Å². The molecule has 0 fully saturated rings. The van der Waals surface area contributed by atoms with Gasteiger partial charge in [-0.2, -0.15) is 0 Å². The van der Waals surface area contributed by atoms with Gasteiger partial charge in [-0.25, -0.2) is 0 Å². The van der Waals surface area contributed by atoms with Gasteiger partial charge in [-0.1, -0.05) is 26.7 Å². The van der Waals surface area contributed by atoms with E-state index in [9.17, 15) is 4.79 Å². The van der Waals surface area contributed by atoms with E-state index in [4.69, 9.17) is 0 Å². The zero-order chi connectivity index (χ0) is 12.4. The van der Waals surface area contributed by atoms with Crippen molar-refractivity contribution in [2.75, 3.05) is 19.6 Å². The number of carbonyl (C=O) groups excluding carboxylic acids is 1. The highest BCUT2D eigenvalue weighted by molar-refractivity contribution is 5.78. The first-order valence-corrected chi connectivity index (χ1v) is 6.63. The van der Waals surface area contributed by atoms with Gasteiger partial charge in [-0.15, -0.1) is 0 Å². The number of nitrogens with zero attached hydrogens (tertiary/aromatic N) is 1. The first-order chi connectivity index (χ1) is 7.63. The van der Waals surface area contributed by atoms with E-state index in [2.05, 4.69) is 33.0 Å². The van der Waals surface area contributed by atoms with Gasteiger partial charge in [0.2, 0.25) is 5.91 Å². The Hall–Kier alpha value is -0.570. The van der Waals surface area contributed by atoms with Crippen molar-refractivity contribution in [3.8, 4) is 0 Å². The summed E-state index contributed by atoms with van der Waals surface area (Å²) in [6, 6.07) is 0.313. The minimum Gasteiger partial charge on any atom is -0.339 e. The highest BCUT2D eigenvalue weighted by Crippen LogP contribution is 2.03. The summed E-state index contributed by atoms with van der Waals surface area (Å²) in [5.74, 6) is 0.236. The molecule has 3 nitrogen and oxygen atoms in total. The van der Waals surface area contributed by atoms with E-state index in [0.717, 1.165) is 25.9 Å². The van der Waals surface area contributed by atoms with Crippen molar-refractivity contribution in [1.29, 1.82) is 0 Å². The number of amides is 1. The first-order valence-electron chi connectivity index (χ1n) is 6.63. The van der Waals surface area contributed by atoms with Crippen LogP contribution in [0.3, 0.4) is 0 Å². The highest BCUT2D eigenvalue weighted by Gasteiger charge is 2.15. The number of hydrogen-bond acceptors (Lipinski definition) is 2. The third kappa shape index (κ3) is 6.83. The molecule has 0 aromatic rings. The van der Waals surface area contributed by atoms with Crippen LogP contribution in [0.25, 0.3) is 0 Å². The fourth-order valence-electron chi connectivity index (χ4n) is 1.68. The molecular weight excluding hydrogens is 200 g/mol. The molecule has 0 aromatic heterocycles. The van der Waals surface area contributed by atoms with Crippen LogP contribution in [0.2, 0.25) is 0 Å². The fraction of sp³-hybridized carbons (Fsp3) is 0.923. The number of unbranched alkanes of at least 4 members (excludes halogenated alkanes) is 2. The van der Waals surface area contributed by atoms with E-state index >= 15 is 0 Å². The van der Waals surface area contributed by atoms with E-state index in [1.807, 2.05) is 4.90 Å². The quantitative estimate of drug-likeness (QED) is 0.615. The zero-order valence-electron chi connectivity index (χ0n) is 11.4. The van der Waals surface area contributed by atoms with Crippen LogP contribution >= 0.6 is 0 Å². The third-order valence-electron chi connectivity index (χ3n) is 2.65. The molecule has 16 heavy (non-hydrogen) atoms.